The molecule has 0 unspecified atom stereocenters. The van der Waals surface area contributed by atoms with Crippen LogP contribution in [0.4, 0.5) is 25.1 Å². The summed E-state index contributed by atoms with van der Waals surface area (Å²) in [5.41, 5.74) is -0.571. The SMILES string of the molecule is CS(=O)(=O)Nc1cccc(S(F)(F)(F)(F)F)c1. The summed E-state index contributed by atoms with van der Waals surface area (Å²) < 4.78 is 85.1. The Morgan fingerprint density at radius 2 is 1.65 bits per heavy atom. The lowest BCUT2D eigenvalue weighted by molar-refractivity contribution is 0.364. The second kappa shape index (κ2) is 3.05. The molecule has 100 valence electrons. The molecule has 0 fully saturated rings. The highest BCUT2D eigenvalue weighted by molar-refractivity contribution is 8.45. The Morgan fingerprint density at radius 3 is 2.06 bits per heavy atom. The van der Waals surface area contributed by atoms with E-state index in [0.717, 1.165) is 6.07 Å². The molecule has 1 N–H and O–H groups in total. The second-order valence-corrected chi connectivity index (χ2v) is 7.53. The van der Waals surface area contributed by atoms with Crippen molar-refractivity contribution in [3.05, 3.63) is 24.3 Å². The minimum atomic E-state index is -9.78. The minimum absolute atomic E-state index is 0.0581. The number of rotatable bonds is 3. The summed E-state index contributed by atoms with van der Waals surface area (Å²) in [6.07, 6.45) is 0.694. The van der Waals surface area contributed by atoms with Crippen LogP contribution < -0.4 is 4.72 Å². The van der Waals surface area contributed by atoms with Crippen molar-refractivity contribution in [3.63, 3.8) is 0 Å². The van der Waals surface area contributed by atoms with E-state index in [1.807, 2.05) is 0 Å². The van der Waals surface area contributed by atoms with E-state index >= 15 is 0 Å². The van der Waals surface area contributed by atoms with E-state index in [1.165, 1.54) is 0 Å². The highest BCUT2D eigenvalue weighted by atomic mass is 32.5. The fraction of sp³-hybridized carbons (Fsp3) is 0.143. The lowest BCUT2D eigenvalue weighted by Crippen LogP contribution is -2.11. The molecular formula is C7H8F5NO2S2. The lowest BCUT2D eigenvalue weighted by Gasteiger charge is -2.40. The van der Waals surface area contributed by atoms with Gasteiger partial charge in [0, 0.05) is 5.69 Å². The molecule has 0 aromatic heterocycles. The van der Waals surface area contributed by atoms with Gasteiger partial charge in [-0.1, -0.05) is 25.5 Å². The number of sulfonamides is 1. The van der Waals surface area contributed by atoms with Gasteiger partial charge in [-0.2, -0.15) is 0 Å². The fourth-order valence-corrected chi connectivity index (χ4v) is 2.25. The van der Waals surface area contributed by atoms with E-state index < -0.39 is 30.8 Å². The third-order valence-corrected chi connectivity index (χ3v) is 3.33. The Hall–Kier alpha value is -1.03. The number of nitrogens with one attached hydrogen (secondary N) is 1. The van der Waals surface area contributed by atoms with Gasteiger partial charge in [-0.05, 0) is 18.2 Å². The van der Waals surface area contributed by atoms with Crippen LogP contribution in [0.3, 0.4) is 0 Å². The van der Waals surface area contributed by atoms with E-state index in [9.17, 15) is 27.8 Å². The zero-order valence-electron chi connectivity index (χ0n) is 8.33. The van der Waals surface area contributed by atoms with Crippen LogP contribution in [0.1, 0.15) is 0 Å². The maximum atomic E-state index is 12.4. The van der Waals surface area contributed by atoms with Crippen molar-refractivity contribution in [2.75, 3.05) is 11.0 Å². The van der Waals surface area contributed by atoms with Gasteiger partial charge in [0.2, 0.25) is 10.0 Å². The lowest BCUT2D eigenvalue weighted by atomic mass is 10.3. The molecule has 1 aromatic carbocycles. The first-order valence-electron chi connectivity index (χ1n) is 3.99. The summed E-state index contributed by atoms with van der Waals surface area (Å²) in [7, 11) is -13.6. The molecule has 0 heterocycles. The van der Waals surface area contributed by atoms with Crippen LogP contribution in [0.25, 0.3) is 0 Å². The van der Waals surface area contributed by atoms with Crippen molar-refractivity contribution in [2.24, 2.45) is 0 Å². The number of halogens is 5. The van der Waals surface area contributed by atoms with E-state index in [0.29, 0.717) is 12.3 Å². The van der Waals surface area contributed by atoms with Gasteiger partial charge in [-0.15, -0.1) is 0 Å². The molecule has 17 heavy (non-hydrogen) atoms. The molecule has 0 aliphatic heterocycles. The number of hydrogen-bond acceptors (Lipinski definition) is 2. The number of anilines is 1. The largest absolute Gasteiger partial charge is 0.310 e. The molecule has 0 bridgehead atoms. The van der Waals surface area contributed by atoms with Gasteiger partial charge in [0.15, 0.2) is 0 Å². The van der Waals surface area contributed by atoms with Gasteiger partial charge in [0.25, 0.3) is 0 Å². The van der Waals surface area contributed by atoms with Gasteiger partial charge in [0.05, 0.1) is 6.26 Å². The molecule has 0 saturated heterocycles. The van der Waals surface area contributed by atoms with Crippen LogP contribution in [0.15, 0.2) is 29.2 Å². The fourth-order valence-electron chi connectivity index (χ4n) is 1.01. The van der Waals surface area contributed by atoms with Gasteiger partial charge in [-0.25, -0.2) is 8.42 Å². The van der Waals surface area contributed by atoms with Crippen LogP contribution >= 0.6 is 10.2 Å². The average Bonchev–Trinajstić information content (AvgIpc) is 1.96. The molecule has 10 heteroatoms. The van der Waals surface area contributed by atoms with Gasteiger partial charge >= 0.3 is 10.2 Å². The molecule has 1 rings (SSSR count). The number of benzene rings is 1. The summed E-state index contributed by atoms with van der Waals surface area (Å²) in [4.78, 5) is -2.14. The van der Waals surface area contributed by atoms with Crippen molar-refractivity contribution in [2.45, 2.75) is 4.90 Å². The zero-order valence-corrected chi connectivity index (χ0v) is 9.97. The Morgan fingerprint density at radius 1 is 1.12 bits per heavy atom. The van der Waals surface area contributed by atoms with Crippen LogP contribution in [-0.2, 0) is 10.0 Å². The molecule has 0 spiro atoms. The Kier molecular flexibility index (Phi) is 2.51. The maximum absolute atomic E-state index is 12.4. The standard InChI is InChI=1S/C7H8F5NO2S2/c1-16(14,15)13-6-3-2-4-7(5-6)17(8,9,10,11)12/h2-5,13H,1H3. The summed E-state index contributed by atoms with van der Waals surface area (Å²) >= 11 is 0. The topological polar surface area (TPSA) is 46.2 Å². The van der Waals surface area contributed by atoms with Gasteiger partial charge in [0.1, 0.15) is 4.90 Å². The van der Waals surface area contributed by atoms with Crippen molar-refractivity contribution < 1.29 is 27.8 Å². The molecular weight excluding hydrogens is 289 g/mol. The van der Waals surface area contributed by atoms with Crippen molar-refractivity contribution in [1.29, 1.82) is 0 Å². The smallest absolute Gasteiger partial charge is 0.284 e. The molecule has 0 aliphatic rings. The molecule has 0 saturated carbocycles. The molecule has 0 aliphatic carbocycles. The highest BCUT2D eigenvalue weighted by Crippen LogP contribution is 3.02. The van der Waals surface area contributed by atoms with E-state index in [1.54, 1.807) is 4.72 Å². The Balaban J connectivity index is 3.30. The summed E-state index contributed by atoms with van der Waals surface area (Å²) in [6.45, 7) is 0. The minimum Gasteiger partial charge on any atom is -0.284 e. The zero-order chi connectivity index (χ0) is 13.6. The second-order valence-electron chi connectivity index (χ2n) is 3.37. The first kappa shape index (κ1) is 14.0. The van der Waals surface area contributed by atoms with E-state index in [2.05, 4.69) is 0 Å². The van der Waals surface area contributed by atoms with Crippen molar-refractivity contribution in [1.82, 2.24) is 0 Å². The first-order chi connectivity index (χ1) is 7.17. The van der Waals surface area contributed by atoms with E-state index in [4.69, 9.17) is 0 Å². The Bertz CT molecular complexity index is 551. The normalized spacial score (nSPS) is 17.1. The summed E-state index contributed by atoms with van der Waals surface area (Å²) in [6, 6.07) is 1.88. The number of hydrogen-bond donors (Lipinski definition) is 1. The van der Waals surface area contributed by atoms with Gasteiger partial charge < -0.3 is 0 Å². The van der Waals surface area contributed by atoms with Gasteiger partial charge in [-0.3, -0.25) is 4.72 Å². The highest BCUT2D eigenvalue weighted by Gasteiger charge is 2.65. The predicted molar refractivity (Wildman–Crippen MR) is 56.3 cm³/mol. The van der Waals surface area contributed by atoms with Crippen molar-refractivity contribution in [3.8, 4) is 0 Å². The van der Waals surface area contributed by atoms with E-state index in [-0.39, 0.29) is 12.1 Å². The molecule has 0 amide bonds. The third-order valence-electron chi connectivity index (χ3n) is 1.58. The average molecular weight is 297 g/mol. The molecule has 3 nitrogen and oxygen atoms in total. The maximum Gasteiger partial charge on any atom is 0.310 e. The molecule has 1 aromatic rings. The quantitative estimate of drug-likeness (QED) is 0.864. The van der Waals surface area contributed by atoms with Crippen LogP contribution in [-0.4, -0.2) is 14.7 Å². The summed E-state index contributed by atoms with van der Waals surface area (Å²) in [5, 5.41) is 0. The molecule has 0 radical (unpaired) electrons. The summed E-state index contributed by atoms with van der Waals surface area (Å²) in [5.74, 6) is 0. The first-order valence-corrected chi connectivity index (χ1v) is 7.84. The van der Waals surface area contributed by atoms with Crippen LogP contribution in [0, 0.1) is 0 Å². The Labute approximate surface area is 94.4 Å². The van der Waals surface area contributed by atoms with Crippen LogP contribution in [0.5, 0.6) is 0 Å². The third kappa shape index (κ3) is 4.38. The molecule has 0 atom stereocenters. The van der Waals surface area contributed by atoms with Crippen LogP contribution in [0.2, 0.25) is 0 Å². The monoisotopic (exact) mass is 297 g/mol. The van der Waals surface area contributed by atoms with Crippen molar-refractivity contribution >= 4 is 25.9 Å². The predicted octanol–water partition coefficient (Wildman–Crippen LogP) is 3.72.